The van der Waals surface area contributed by atoms with E-state index in [-0.39, 0.29) is 20.5 Å². The van der Waals surface area contributed by atoms with Crippen molar-refractivity contribution in [3.63, 3.8) is 0 Å². The Balaban J connectivity index is 2.86. The normalized spacial score (nSPS) is 12.5. The summed E-state index contributed by atoms with van der Waals surface area (Å²) in [6.45, 7) is 4.20. The third-order valence-corrected chi connectivity index (χ3v) is 4.85. The van der Waals surface area contributed by atoms with Crippen molar-refractivity contribution in [1.29, 1.82) is 0 Å². The van der Waals surface area contributed by atoms with E-state index in [1.807, 2.05) is 13.8 Å². The van der Waals surface area contributed by atoms with Crippen molar-refractivity contribution in [3.05, 3.63) is 22.2 Å². The summed E-state index contributed by atoms with van der Waals surface area (Å²) in [7, 11) is 2.92. The van der Waals surface area contributed by atoms with Gasteiger partial charge in [0, 0.05) is 30.3 Å². The Morgan fingerprint density at radius 3 is 2.30 bits per heavy atom. The van der Waals surface area contributed by atoms with Gasteiger partial charge >= 0.3 is 0 Å². The van der Waals surface area contributed by atoms with Crippen LogP contribution in [0.1, 0.15) is 20.3 Å². The molecule has 0 aliphatic rings. The molecule has 0 amide bonds. The van der Waals surface area contributed by atoms with Gasteiger partial charge in [-0.2, -0.15) is 0 Å². The summed E-state index contributed by atoms with van der Waals surface area (Å²) in [6, 6.07) is 2.50. The van der Waals surface area contributed by atoms with Crippen molar-refractivity contribution in [1.82, 2.24) is 0 Å². The molecule has 0 atom stereocenters. The van der Waals surface area contributed by atoms with E-state index < -0.39 is 9.05 Å². The fourth-order valence-corrected chi connectivity index (χ4v) is 3.11. The highest BCUT2D eigenvalue weighted by Gasteiger charge is 2.20. The number of halogens is 3. The van der Waals surface area contributed by atoms with Crippen LogP contribution in [0.2, 0.25) is 10.0 Å². The van der Waals surface area contributed by atoms with Crippen LogP contribution in [0.5, 0.6) is 5.75 Å². The zero-order chi connectivity index (χ0) is 15.6. The predicted octanol–water partition coefficient (Wildman–Crippen LogP) is 4.11. The number of hydrogen-bond acceptors (Lipinski definition) is 4. The summed E-state index contributed by atoms with van der Waals surface area (Å²) in [4.78, 5) is -0.240. The smallest absolute Gasteiger partial charge is 0.262 e. The van der Waals surface area contributed by atoms with E-state index in [9.17, 15) is 8.42 Å². The van der Waals surface area contributed by atoms with Crippen LogP contribution in [0.25, 0.3) is 0 Å². The molecule has 1 rings (SSSR count). The minimum absolute atomic E-state index is 0.0367. The van der Waals surface area contributed by atoms with Gasteiger partial charge in [-0.1, -0.05) is 23.2 Å². The highest BCUT2D eigenvalue weighted by atomic mass is 35.7. The van der Waals surface area contributed by atoms with Gasteiger partial charge in [0.25, 0.3) is 9.05 Å². The van der Waals surface area contributed by atoms with Crippen LogP contribution in [0.15, 0.2) is 17.0 Å². The predicted molar refractivity (Wildman–Crippen MR) is 80.7 cm³/mol. The minimum Gasteiger partial charge on any atom is -0.492 e. The molecule has 0 radical (unpaired) electrons. The minimum atomic E-state index is -3.94. The summed E-state index contributed by atoms with van der Waals surface area (Å²) in [6.07, 6.45) is 0.632. The molecule has 0 aliphatic carbocycles. The van der Waals surface area contributed by atoms with E-state index in [2.05, 4.69) is 0 Å². The highest BCUT2D eigenvalue weighted by molar-refractivity contribution is 8.13. The third kappa shape index (κ3) is 4.97. The summed E-state index contributed by atoms with van der Waals surface area (Å²) in [5.41, 5.74) is -0.324. The number of hydrogen-bond donors (Lipinski definition) is 0. The molecule has 0 spiro atoms. The van der Waals surface area contributed by atoms with Crippen LogP contribution in [-0.4, -0.2) is 27.7 Å². The van der Waals surface area contributed by atoms with Crippen molar-refractivity contribution in [3.8, 4) is 5.75 Å². The molecular weight excluding hydrogens is 347 g/mol. The molecule has 0 saturated carbocycles. The third-order valence-electron chi connectivity index (χ3n) is 2.76. The average molecular weight is 362 g/mol. The second kappa shape index (κ2) is 6.71. The van der Waals surface area contributed by atoms with E-state index in [0.29, 0.717) is 18.8 Å². The number of ether oxygens (including phenoxy) is 2. The van der Waals surface area contributed by atoms with Crippen LogP contribution in [-0.2, 0) is 13.8 Å². The summed E-state index contributed by atoms with van der Waals surface area (Å²) < 4.78 is 33.3. The van der Waals surface area contributed by atoms with Gasteiger partial charge in [0.15, 0.2) is 0 Å². The molecule has 0 fully saturated rings. The van der Waals surface area contributed by atoms with Gasteiger partial charge in [0.2, 0.25) is 0 Å². The Morgan fingerprint density at radius 1 is 1.20 bits per heavy atom. The molecule has 4 nitrogen and oxygen atoms in total. The maximum Gasteiger partial charge on any atom is 0.262 e. The van der Waals surface area contributed by atoms with Gasteiger partial charge in [-0.25, -0.2) is 8.42 Å². The number of rotatable bonds is 6. The molecule has 8 heteroatoms. The van der Waals surface area contributed by atoms with Gasteiger partial charge in [-0.05, 0) is 19.9 Å². The van der Waals surface area contributed by atoms with Crippen LogP contribution in [0.4, 0.5) is 0 Å². The number of benzene rings is 1. The SMILES string of the molecule is COC(C)(C)CCOc1cc(Cl)c(S(=O)(=O)Cl)cc1Cl. The van der Waals surface area contributed by atoms with E-state index in [1.165, 1.54) is 12.1 Å². The van der Waals surface area contributed by atoms with Gasteiger partial charge in [-0.3, -0.25) is 0 Å². The Hall–Kier alpha value is -0.200. The van der Waals surface area contributed by atoms with E-state index >= 15 is 0 Å². The van der Waals surface area contributed by atoms with Gasteiger partial charge < -0.3 is 9.47 Å². The van der Waals surface area contributed by atoms with Crippen LogP contribution >= 0.6 is 33.9 Å². The zero-order valence-corrected chi connectivity index (χ0v) is 14.3. The highest BCUT2D eigenvalue weighted by Crippen LogP contribution is 2.35. The van der Waals surface area contributed by atoms with E-state index in [4.69, 9.17) is 43.4 Å². The molecule has 0 unspecified atom stereocenters. The van der Waals surface area contributed by atoms with Crippen molar-refractivity contribution in [2.75, 3.05) is 13.7 Å². The largest absolute Gasteiger partial charge is 0.492 e. The summed E-state index contributed by atoms with van der Waals surface area (Å²) in [5.74, 6) is 0.299. The Kier molecular flexibility index (Phi) is 5.99. The van der Waals surface area contributed by atoms with Crippen LogP contribution < -0.4 is 4.74 Å². The summed E-state index contributed by atoms with van der Waals surface area (Å²) in [5, 5.41) is 0.0919. The lowest BCUT2D eigenvalue weighted by Gasteiger charge is -2.22. The van der Waals surface area contributed by atoms with Crippen molar-refractivity contribution in [2.45, 2.75) is 30.8 Å². The average Bonchev–Trinajstić information content (AvgIpc) is 2.31. The molecule has 1 aromatic rings. The zero-order valence-electron chi connectivity index (χ0n) is 11.2. The van der Waals surface area contributed by atoms with E-state index in [0.717, 1.165) is 0 Å². The molecule has 1 aromatic carbocycles. The molecule has 0 saturated heterocycles. The Morgan fingerprint density at radius 2 is 1.80 bits per heavy atom. The van der Waals surface area contributed by atoms with Crippen molar-refractivity contribution < 1.29 is 17.9 Å². The molecule has 0 aromatic heterocycles. The fourth-order valence-electron chi connectivity index (χ4n) is 1.32. The molecule has 114 valence electrons. The lowest BCUT2D eigenvalue weighted by molar-refractivity contribution is 0.00546. The first-order valence-corrected chi connectivity index (χ1v) is 8.75. The maximum absolute atomic E-state index is 11.3. The Labute approximate surface area is 133 Å². The van der Waals surface area contributed by atoms with Crippen LogP contribution in [0, 0.1) is 0 Å². The van der Waals surface area contributed by atoms with Crippen molar-refractivity contribution in [2.24, 2.45) is 0 Å². The molecule has 0 bridgehead atoms. The first kappa shape index (κ1) is 17.9. The van der Waals surface area contributed by atoms with Gasteiger partial charge in [-0.15, -0.1) is 0 Å². The fraction of sp³-hybridized carbons (Fsp3) is 0.500. The molecule has 0 aliphatic heterocycles. The maximum atomic E-state index is 11.3. The quantitative estimate of drug-likeness (QED) is 0.715. The van der Waals surface area contributed by atoms with Crippen molar-refractivity contribution >= 4 is 42.9 Å². The topological polar surface area (TPSA) is 52.6 Å². The first-order chi connectivity index (χ1) is 9.07. The molecule has 0 N–H and O–H groups in total. The van der Waals surface area contributed by atoms with E-state index in [1.54, 1.807) is 7.11 Å². The lowest BCUT2D eigenvalue weighted by Crippen LogP contribution is -2.25. The van der Waals surface area contributed by atoms with Gasteiger partial charge in [0.05, 0.1) is 22.3 Å². The monoisotopic (exact) mass is 360 g/mol. The van der Waals surface area contributed by atoms with Crippen LogP contribution in [0.3, 0.4) is 0 Å². The second-order valence-corrected chi connectivity index (χ2v) is 8.06. The molecule has 0 heterocycles. The molecular formula is C12H15Cl3O4S. The van der Waals surface area contributed by atoms with Gasteiger partial charge in [0.1, 0.15) is 10.6 Å². The number of methoxy groups -OCH3 is 1. The molecule has 20 heavy (non-hydrogen) atoms. The Bertz CT molecular complexity index is 585. The standard InChI is InChI=1S/C12H15Cl3O4S/c1-12(2,18-3)4-5-19-10-6-9(14)11(7-8(10)13)20(15,16)17/h6-7H,4-5H2,1-3H3. The second-order valence-electron chi connectivity index (χ2n) is 4.71. The first-order valence-electron chi connectivity index (χ1n) is 5.68. The lowest BCUT2D eigenvalue weighted by atomic mass is 10.1. The summed E-state index contributed by atoms with van der Waals surface area (Å²) >= 11 is 11.8.